The second kappa shape index (κ2) is 4.92. The topological polar surface area (TPSA) is 78.8 Å². The Balaban J connectivity index is 2.40. The molecule has 1 aromatic carbocycles. The minimum Gasteiger partial charge on any atom is -0.398 e. The van der Waals surface area contributed by atoms with E-state index in [-0.39, 0.29) is 6.04 Å². The number of rotatable bonds is 4. The Kier molecular flexibility index (Phi) is 3.34. The van der Waals surface area contributed by atoms with Gasteiger partial charge in [0.1, 0.15) is 0 Å². The first kappa shape index (κ1) is 11.5. The van der Waals surface area contributed by atoms with Gasteiger partial charge in [-0.25, -0.2) is 4.68 Å². The number of anilines is 1. The van der Waals surface area contributed by atoms with E-state index in [2.05, 4.69) is 15.5 Å². The number of hydrogen-bond donors (Lipinski definition) is 1. The van der Waals surface area contributed by atoms with Gasteiger partial charge in [0, 0.05) is 18.4 Å². The molecule has 2 N–H and O–H groups in total. The molecule has 0 amide bonds. The van der Waals surface area contributed by atoms with Gasteiger partial charge in [-0.1, -0.05) is 12.1 Å². The molecule has 0 radical (unpaired) electrons. The van der Waals surface area contributed by atoms with Crippen molar-refractivity contribution in [1.82, 2.24) is 20.2 Å². The molecular weight excluding hydrogens is 218 g/mol. The molecule has 0 aliphatic heterocycles. The number of methoxy groups -OCH3 is 1. The molecule has 90 valence electrons. The summed E-state index contributed by atoms with van der Waals surface area (Å²) in [4.78, 5) is 0. The van der Waals surface area contributed by atoms with Crippen LogP contribution in [0.4, 0.5) is 5.69 Å². The predicted octanol–water partition coefficient (Wildman–Crippen LogP) is 1.13. The van der Waals surface area contributed by atoms with E-state index in [1.54, 1.807) is 11.8 Å². The molecule has 0 saturated heterocycles. The van der Waals surface area contributed by atoms with E-state index in [4.69, 9.17) is 10.5 Å². The molecule has 0 bridgehead atoms. The molecular formula is C11H15N5O. The van der Waals surface area contributed by atoms with Gasteiger partial charge in [0.05, 0.1) is 12.6 Å². The summed E-state index contributed by atoms with van der Waals surface area (Å²) in [7, 11) is 1.65. The number of nitrogens with two attached hydrogens (primary N) is 1. The molecule has 0 spiro atoms. The molecule has 1 heterocycles. The largest absolute Gasteiger partial charge is 0.398 e. The molecule has 1 aromatic heterocycles. The van der Waals surface area contributed by atoms with Gasteiger partial charge < -0.3 is 10.5 Å². The Labute approximate surface area is 99.4 Å². The van der Waals surface area contributed by atoms with E-state index in [0.29, 0.717) is 18.1 Å². The summed E-state index contributed by atoms with van der Waals surface area (Å²) in [6.45, 7) is 2.53. The molecule has 1 atom stereocenters. The van der Waals surface area contributed by atoms with Crippen molar-refractivity contribution in [2.75, 3.05) is 19.5 Å². The average Bonchev–Trinajstić information content (AvgIpc) is 2.79. The molecule has 1 unspecified atom stereocenters. The summed E-state index contributed by atoms with van der Waals surface area (Å²) in [5.74, 6) is 0.660. The number of benzene rings is 1. The van der Waals surface area contributed by atoms with Crippen LogP contribution in [0.5, 0.6) is 0 Å². The van der Waals surface area contributed by atoms with E-state index >= 15 is 0 Å². The standard InChI is InChI=1S/C11H15N5O/c1-8(7-17-2)16-11(13-14-15-16)9-5-3-4-6-10(9)12/h3-6,8H,7,12H2,1-2H3. The Morgan fingerprint density at radius 2 is 2.18 bits per heavy atom. The zero-order valence-electron chi connectivity index (χ0n) is 9.87. The Hall–Kier alpha value is -1.95. The Morgan fingerprint density at radius 1 is 1.41 bits per heavy atom. The molecule has 0 aliphatic rings. The van der Waals surface area contributed by atoms with E-state index < -0.39 is 0 Å². The number of hydrogen-bond acceptors (Lipinski definition) is 5. The van der Waals surface area contributed by atoms with Gasteiger partial charge >= 0.3 is 0 Å². The number of tetrazole rings is 1. The summed E-state index contributed by atoms with van der Waals surface area (Å²) in [6, 6.07) is 7.58. The summed E-state index contributed by atoms with van der Waals surface area (Å²) >= 11 is 0. The molecule has 0 saturated carbocycles. The SMILES string of the molecule is COCC(C)n1nnnc1-c1ccccc1N. The van der Waals surface area contributed by atoms with Gasteiger partial charge in [0.2, 0.25) is 0 Å². The second-order valence-electron chi connectivity index (χ2n) is 3.84. The van der Waals surface area contributed by atoms with Crippen molar-refractivity contribution in [3.63, 3.8) is 0 Å². The highest BCUT2D eigenvalue weighted by Gasteiger charge is 2.15. The monoisotopic (exact) mass is 233 g/mol. The van der Waals surface area contributed by atoms with Crippen molar-refractivity contribution in [3.8, 4) is 11.4 Å². The smallest absolute Gasteiger partial charge is 0.184 e. The van der Waals surface area contributed by atoms with Gasteiger partial charge in [0.15, 0.2) is 5.82 Å². The van der Waals surface area contributed by atoms with Gasteiger partial charge in [0.25, 0.3) is 0 Å². The lowest BCUT2D eigenvalue weighted by molar-refractivity contribution is 0.156. The van der Waals surface area contributed by atoms with Crippen molar-refractivity contribution in [2.45, 2.75) is 13.0 Å². The fourth-order valence-electron chi connectivity index (χ4n) is 1.68. The number of ether oxygens (including phenoxy) is 1. The minimum absolute atomic E-state index is 0.0598. The molecule has 0 fully saturated rings. The van der Waals surface area contributed by atoms with E-state index in [9.17, 15) is 0 Å². The van der Waals surface area contributed by atoms with Crippen molar-refractivity contribution in [1.29, 1.82) is 0 Å². The molecule has 0 aliphatic carbocycles. The summed E-state index contributed by atoms with van der Waals surface area (Å²) in [5, 5.41) is 11.7. The minimum atomic E-state index is 0.0598. The van der Waals surface area contributed by atoms with Gasteiger partial charge in [-0.3, -0.25) is 0 Å². The first-order chi connectivity index (χ1) is 8.24. The highest BCUT2D eigenvalue weighted by molar-refractivity contribution is 5.71. The zero-order valence-corrected chi connectivity index (χ0v) is 9.87. The van der Waals surface area contributed by atoms with Crippen LogP contribution in [-0.4, -0.2) is 33.9 Å². The molecule has 6 nitrogen and oxygen atoms in total. The van der Waals surface area contributed by atoms with Crippen LogP contribution in [0.1, 0.15) is 13.0 Å². The van der Waals surface area contributed by atoms with Crippen LogP contribution in [0, 0.1) is 0 Å². The highest BCUT2D eigenvalue weighted by Crippen LogP contribution is 2.24. The van der Waals surface area contributed by atoms with Crippen molar-refractivity contribution in [2.24, 2.45) is 0 Å². The number of nitrogen functional groups attached to an aromatic ring is 1. The molecule has 2 aromatic rings. The highest BCUT2D eigenvalue weighted by atomic mass is 16.5. The van der Waals surface area contributed by atoms with Crippen molar-refractivity contribution < 1.29 is 4.74 Å². The number of para-hydroxylation sites is 1. The van der Waals surface area contributed by atoms with Gasteiger partial charge in [-0.2, -0.15) is 0 Å². The quantitative estimate of drug-likeness (QED) is 0.801. The third-order valence-electron chi connectivity index (χ3n) is 2.52. The summed E-state index contributed by atoms with van der Waals surface area (Å²) in [6.07, 6.45) is 0. The van der Waals surface area contributed by atoms with Crippen LogP contribution < -0.4 is 5.73 Å². The molecule has 2 rings (SSSR count). The normalized spacial score (nSPS) is 12.6. The van der Waals surface area contributed by atoms with Crippen LogP contribution in [0.2, 0.25) is 0 Å². The van der Waals surface area contributed by atoms with E-state index in [1.807, 2.05) is 31.2 Å². The maximum absolute atomic E-state index is 5.91. The fraction of sp³-hybridized carbons (Fsp3) is 0.364. The zero-order chi connectivity index (χ0) is 12.3. The van der Waals surface area contributed by atoms with Gasteiger partial charge in [-0.15, -0.1) is 5.10 Å². The maximum Gasteiger partial charge on any atom is 0.184 e. The molecule has 6 heteroatoms. The first-order valence-corrected chi connectivity index (χ1v) is 5.35. The van der Waals surface area contributed by atoms with Crippen LogP contribution in [0.15, 0.2) is 24.3 Å². The lowest BCUT2D eigenvalue weighted by atomic mass is 10.1. The average molecular weight is 233 g/mol. The van der Waals surface area contributed by atoms with E-state index in [1.165, 1.54) is 0 Å². The van der Waals surface area contributed by atoms with Crippen LogP contribution >= 0.6 is 0 Å². The van der Waals surface area contributed by atoms with Gasteiger partial charge in [-0.05, 0) is 29.5 Å². The summed E-state index contributed by atoms with van der Waals surface area (Å²) < 4.78 is 6.82. The lowest BCUT2D eigenvalue weighted by Gasteiger charge is -2.12. The van der Waals surface area contributed by atoms with Crippen LogP contribution in [0.3, 0.4) is 0 Å². The van der Waals surface area contributed by atoms with E-state index in [0.717, 1.165) is 5.56 Å². The predicted molar refractivity (Wildman–Crippen MR) is 64.3 cm³/mol. The number of aromatic nitrogens is 4. The lowest BCUT2D eigenvalue weighted by Crippen LogP contribution is -2.14. The second-order valence-corrected chi connectivity index (χ2v) is 3.84. The maximum atomic E-state index is 5.91. The Morgan fingerprint density at radius 3 is 2.88 bits per heavy atom. The third kappa shape index (κ3) is 2.26. The van der Waals surface area contributed by atoms with Crippen molar-refractivity contribution in [3.05, 3.63) is 24.3 Å². The number of nitrogens with zero attached hydrogens (tertiary/aromatic N) is 4. The van der Waals surface area contributed by atoms with Crippen molar-refractivity contribution >= 4 is 5.69 Å². The molecule has 17 heavy (non-hydrogen) atoms. The summed E-state index contributed by atoms with van der Waals surface area (Å²) in [5.41, 5.74) is 7.41. The first-order valence-electron chi connectivity index (χ1n) is 5.35. The Bertz CT molecular complexity index is 496. The van der Waals surface area contributed by atoms with Crippen LogP contribution in [0.25, 0.3) is 11.4 Å². The fourth-order valence-corrected chi connectivity index (χ4v) is 1.68. The van der Waals surface area contributed by atoms with Crippen LogP contribution in [-0.2, 0) is 4.74 Å². The third-order valence-corrected chi connectivity index (χ3v) is 2.52.